The molecule has 1 aliphatic heterocycles. The highest BCUT2D eigenvalue weighted by Gasteiger charge is 2.18. The Morgan fingerprint density at radius 3 is 2.70 bits per heavy atom. The molecule has 1 aliphatic rings. The van der Waals surface area contributed by atoms with Gasteiger partial charge in [0.25, 0.3) is 0 Å². The summed E-state index contributed by atoms with van der Waals surface area (Å²) in [5.41, 5.74) is 7.45. The first kappa shape index (κ1) is 21.2. The van der Waals surface area contributed by atoms with Crippen LogP contribution in [0.1, 0.15) is 34.3 Å². The van der Waals surface area contributed by atoms with Gasteiger partial charge in [-0.2, -0.15) is 0 Å². The average molecular weight is 442 g/mol. The monoisotopic (exact) mass is 441 g/mol. The Morgan fingerprint density at radius 1 is 1.15 bits per heavy atom. The van der Waals surface area contributed by atoms with Crippen molar-refractivity contribution in [1.29, 1.82) is 0 Å². The van der Waals surface area contributed by atoms with E-state index in [0.29, 0.717) is 5.69 Å². The first-order valence-corrected chi connectivity index (χ1v) is 11.3. The molecule has 1 saturated heterocycles. The maximum atomic E-state index is 11.8. The molecule has 3 N–H and O–H groups in total. The van der Waals surface area contributed by atoms with Crippen LogP contribution in [0, 0.1) is 13.8 Å². The first-order chi connectivity index (χ1) is 16.0. The number of nitrogens with zero attached hydrogens (tertiary/aromatic N) is 3. The van der Waals surface area contributed by atoms with Crippen LogP contribution in [0.2, 0.25) is 0 Å². The van der Waals surface area contributed by atoms with E-state index < -0.39 is 5.97 Å². The summed E-state index contributed by atoms with van der Waals surface area (Å²) < 4.78 is 1.96. The van der Waals surface area contributed by atoms with Crippen molar-refractivity contribution in [3.05, 3.63) is 71.5 Å². The lowest BCUT2D eigenvalue weighted by atomic mass is 10.1. The second-order valence-electron chi connectivity index (χ2n) is 8.75. The van der Waals surface area contributed by atoms with Crippen LogP contribution in [-0.4, -0.2) is 44.7 Å². The molecule has 7 heteroatoms. The fraction of sp³-hybridized carbons (Fsp3) is 0.269. The molecule has 3 heterocycles. The van der Waals surface area contributed by atoms with Crippen LogP contribution in [0.25, 0.3) is 28.1 Å². The Kier molecular flexibility index (Phi) is 5.56. The van der Waals surface area contributed by atoms with Gasteiger partial charge in [0.15, 0.2) is 5.65 Å². The molecular weight excluding hydrogens is 414 g/mol. The topological polar surface area (TPSA) is 92.1 Å². The zero-order chi connectivity index (χ0) is 22.9. The molecule has 1 fully saturated rings. The largest absolute Gasteiger partial charge is 0.478 e. The lowest BCUT2D eigenvalue weighted by Gasteiger charge is -2.25. The lowest BCUT2D eigenvalue weighted by molar-refractivity contribution is 0.0698. The number of hydrogen-bond donors (Lipinski definition) is 3. The van der Waals surface area contributed by atoms with Crippen molar-refractivity contribution in [2.45, 2.75) is 32.7 Å². The fourth-order valence-corrected chi connectivity index (χ4v) is 4.55. The quantitative estimate of drug-likeness (QED) is 0.420. The molecule has 0 amide bonds. The highest BCUT2D eigenvalue weighted by Crippen LogP contribution is 2.27. The van der Waals surface area contributed by atoms with Crippen molar-refractivity contribution in [2.24, 2.45) is 0 Å². The highest BCUT2D eigenvalue weighted by molar-refractivity contribution is 5.95. The number of nitrogens with one attached hydrogen (secondary N) is 2. The van der Waals surface area contributed by atoms with E-state index in [9.17, 15) is 9.90 Å². The normalized spacial score (nSPS) is 16.1. The number of aryl methyl sites for hydroxylation is 2. The molecule has 4 aromatic rings. The molecule has 5 rings (SSSR count). The van der Waals surface area contributed by atoms with Crippen LogP contribution in [-0.2, 0) is 0 Å². The number of carbonyl (C=O) groups is 1. The third-order valence-corrected chi connectivity index (χ3v) is 6.08. The van der Waals surface area contributed by atoms with Gasteiger partial charge in [0.2, 0.25) is 0 Å². The molecule has 0 aliphatic carbocycles. The van der Waals surface area contributed by atoms with Crippen LogP contribution >= 0.6 is 0 Å². The Hall–Kier alpha value is -3.71. The third-order valence-electron chi connectivity index (χ3n) is 6.08. The predicted octanol–water partition coefficient (Wildman–Crippen LogP) is 4.57. The maximum Gasteiger partial charge on any atom is 0.337 e. The summed E-state index contributed by atoms with van der Waals surface area (Å²) in [6.45, 7) is 5.97. The zero-order valence-electron chi connectivity index (χ0n) is 18.8. The molecule has 33 heavy (non-hydrogen) atoms. The van der Waals surface area contributed by atoms with Gasteiger partial charge in [0.05, 0.1) is 23.1 Å². The smallest absolute Gasteiger partial charge is 0.337 e. The van der Waals surface area contributed by atoms with E-state index in [-0.39, 0.29) is 11.6 Å². The van der Waals surface area contributed by atoms with E-state index in [4.69, 9.17) is 4.98 Å². The maximum absolute atomic E-state index is 11.8. The van der Waals surface area contributed by atoms with Gasteiger partial charge in [0, 0.05) is 30.0 Å². The molecule has 0 spiro atoms. The van der Waals surface area contributed by atoms with Crippen molar-refractivity contribution < 1.29 is 9.90 Å². The van der Waals surface area contributed by atoms with Gasteiger partial charge in [-0.1, -0.05) is 17.2 Å². The van der Waals surface area contributed by atoms with Crippen LogP contribution in [0.3, 0.4) is 0 Å². The molecule has 2 aromatic carbocycles. The molecule has 0 unspecified atom stereocenters. The van der Waals surface area contributed by atoms with Crippen molar-refractivity contribution in [2.75, 3.05) is 18.4 Å². The van der Waals surface area contributed by atoms with Gasteiger partial charge in [-0.3, -0.25) is 9.55 Å². The Bertz CT molecular complexity index is 1320. The second-order valence-corrected chi connectivity index (χ2v) is 8.75. The van der Waals surface area contributed by atoms with Gasteiger partial charge in [-0.15, -0.1) is 0 Å². The van der Waals surface area contributed by atoms with Gasteiger partial charge >= 0.3 is 5.97 Å². The average Bonchev–Trinajstić information content (AvgIpc) is 3.22. The number of rotatable bonds is 5. The molecule has 0 saturated carbocycles. The number of piperidine rings is 1. The summed E-state index contributed by atoms with van der Waals surface area (Å²) in [5, 5.41) is 16.5. The van der Waals surface area contributed by atoms with Crippen molar-refractivity contribution >= 4 is 22.8 Å². The van der Waals surface area contributed by atoms with Crippen LogP contribution in [0.15, 0.2) is 54.9 Å². The van der Waals surface area contributed by atoms with E-state index in [0.717, 1.165) is 54.0 Å². The number of aromatic nitrogens is 3. The number of benzene rings is 2. The van der Waals surface area contributed by atoms with Crippen molar-refractivity contribution in [1.82, 2.24) is 19.9 Å². The Labute approximate surface area is 192 Å². The Balaban J connectivity index is 1.56. The lowest BCUT2D eigenvalue weighted by Crippen LogP contribution is -2.38. The summed E-state index contributed by atoms with van der Waals surface area (Å²) in [7, 11) is 0. The fourth-order valence-electron chi connectivity index (χ4n) is 4.55. The second kappa shape index (κ2) is 8.67. The van der Waals surface area contributed by atoms with Gasteiger partial charge in [-0.05, 0) is 69.6 Å². The number of fused-ring (bicyclic) bond motifs is 1. The minimum Gasteiger partial charge on any atom is -0.478 e. The van der Waals surface area contributed by atoms with E-state index in [1.807, 2.05) is 29.0 Å². The molecule has 0 bridgehead atoms. The molecule has 2 aromatic heterocycles. The summed E-state index contributed by atoms with van der Waals surface area (Å²) in [4.78, 5) is 21.4. The van der Waals surface area contributed by atoms with Crippen molar-refractivity contribution in [3.63, 3.8) is 0 Å². The minimum atomic E-state index is -0.943. The number of anilines is 1. The van der Waals surface area contributed by atoms with Gasteiger partial charge < -0.3 is 15.7 Å². The number of hydrogen-bond acceptors (Lipinski definition) is 5. The third kappa shape index (κ3) is 4.32. The molecular formula is C26H27N5O2. The van der Waals surface area contributed by atoms with E-state index >= 15 is 0 Å². The van der Waals surface area contributed by atoms with E-state index in [2.05, 4.69) is 47.7 Å². The molecule has 7 nitrogen and oxygen atoms in total. The number of carboxylic acids is 1. The van der Waals surface area contributed by atoms with E-state index in [1.165, 1.54) is 11.1 Å². The summed E-state index contributed by atoms with van der Waals surface area (Å²) in [6.07, 6.45) is 5.81. The minimum absolute atomic E-state index is 0.199. The zero-order valence-corrected chi connectivity index (χ0v) is 18.8. The standard InChI is InChI=1S/C26H27N5O2/c1-16-10-17(2)12-18(11-16)24-15-28-22-7-9-31(25(22)30-24)20-5-6-21(26(32)33)23(13-20)29-19-4-3-8-27-14-19/h5-7,9-13,15,19,27,29H,3-4,8,14H2,1-2H3,(H,32,33)/t19-/m1/s1. The van der Waals surface area contributed by atoms with Crippen LogP contribution < -0.4 is 10.6 Å². The highest BCUT2D eigenvalue weighted by atomic mass is 16.4. The summed E-state index contributed by atoms with van der Waals surface area (Å²) >= 11 is 0. The molecule has 1 atom stereocenters. The number of carboxylic acid groups (broad SMARTS) is 1. The van der Waals surface area contributed by atoms with Gasteiger partial charge in [0.1, 0.15) is 5.52 Å². The van der Waals surface area contributed by atoms with Crippen LogP contribution in [0.4, 0.5) is 5.69 Å². The summed E-state index contributed by atoms with van der Waals surface area (Å²) in [6, 6.07) is 13.8. The van der Waals surface area contributed by atoms with Crippen LogP contribution in [0.5, 0.6) is 0 Å². The predicted molar refractivity (Wildman–Crippen MR) is 130 cm³/mol. The Morgan fingerprint density at radius 2 is 1.97 bits per heavy atom. The molecule has 0 radical (unpaired) electrons. The van der Waals surface area contributed by atoms with E-state index in [1.54, 1.807) is 12.3 Å². The number of aromatic carboxylic acids is 1. The van der Waals surface area contributed by atoms with Gasteiger partial charge in [-0.25, -0.2) is 9.78 Å². The molecule has 168 valence electrons. The SMILES string of the molecule is Cc1cc(C)cc(-c2cnc3ccn(-c4ccc(C(=O)O)c(N[C@@H]5CCCNC5)c4)c3n2)c1. The summed E-state index contributed by atoms with van der Waals surface area (Å²) in [5.74, 6) is -0.943. The first-order valence-electron chi connectivity index (χ1n) is 11.3. The van der Waals surface area contributed by atoms with Crippen molar-refractivity contribution in [3.8, 4) is 16.9 Å².